The first-order chi connectivity index (χ1) is 11.5. The van der Waals surface area contributed by atoms with E-state index in [0.717, 1.165) is 12.1 Å². The van der Waals surface area contributed by atoms with Gasteiger partial charge in [-0.05, 0) is 38.0 Å². The maximum absolute atomic E-state index is 12.7. The average Bonchev–Trinajstić information content (AvgIpc) is 2.89. The highest BCUT2D eigenvalue weighted by molar-refractivity contribution is 5.98. The number of fused-ring (bicyclic) bond motifs is 1. The Morgan fingerprint density at radius 3 is 2.79 bits per heavy atom. The van der Waals surface area contributed by atoms with Crippen molar-refractivity contribution in [2.75, 3.05) is 16.8 Å². The zero-order valence-corrected chi connectivity index (χ0v) is 13.7. The van der Waals surface area contributed by atoms with Crippen molar-refractivity contribution in [1.29, 1.82) is 0 Å². The normalized spacial score (nSPS) is 15.9. The molecule has 0 saturated heterocycles. The summed E-state index contributed by atoms with van der Waals surface area (Å²) in [5.41, 5.74) is 3.31. The van der Waals surface area contributed by atoms with Gasteiger partial charge in [0, 0.05) is 29.0 Å². The molecule has 0 aliphatic carbocycles. The largest absolute Gasteiger partial charge is 0.376 e. The molecule has 0 radical (unpaired) electrons. The van der Waals surface area contributed by atoms with Gasteiger partial charge in [-0.3, -0.25) is 14.9 Å². The van der Waals surface area contributed by atoms with Crippen molar-refractivity contribution in [2.45, 2.75) is 26.3 Å². The van der Waals surface area contributed by atoms with Crippen LogP contribution in [-0.4, -0.2) is 23.4 Å². The standard InChI is InChI=1S/C18H19N3O3/c1-12-10-14-6-3-4-8-17(14)20(12)18(22)11-19-15-7-5-9-16(13(15)2)21(23)24/h3-9,12,19H,10-11H2,1-2H3/t12-/m0/s1. The molecule has 0 saturated carbocycles. The van der Waals surface area contributed by atoms with E-state index in [0.29, 0.717) is 11.3 Å². The second kappa shape index (κ2) is 6.31. The van der Waals surface area contributed by atoms with Gasteiger partial charge < -0.3 is 10.2 Å². The topological polar surface area (TPSA) is 75.5 Å². The fraction of sp³-hybridized carbons (Fsp3) is 0.278. The Balaban J connectivity index is 1.75. The Bertz CT molecular complexity index is 804. The molecule has 1 atom stereocenters. The zero-order valence-electron chi connectivity index (χ0n) is 13.7. The van der Waals surface area contributed by atoms with Crippen LogP contribution in [0.3, 0.4) is 0 Å². The summed E-state index contributed by atoms with van der Waals surface area (Å²) in [5.74, 6) is -0.0432. The summed E-state index contributed by atoms with van der Waals surface area (Å²) in [4.78, 5) is 25.0. The van der Waals surface area contributed by atoms with Gasteiger partial charge in [-0.25, -0.2) is 0 Å². The van der Waals surface area contributed by atoms with Gasteiger partial charge in [0.2, 0.25) is 5.91 Å². The summed E-state index contributed by atoms with van der Waals surface area (Å²) < 4.78 is 0. The first kappa shape index (κ1) is 16.0. The molecule has 1 N–H and O–H groups in total. The minimum absolute atomic E-state index is 0.0432. The maximum atomic E-state index is 12.7. The number of carbonyl (C=O) groups excluding carboxylic acids is 1. The number of benzene rings is 2. The first-order valence-corrected chi connectivity index (χ1v) is 7.87. The second-order valence-corrected chi connectivity index (χ2v) is 6.01. The van der Waals surface area contributed by atoms with Crippen LogP contribution in [0.25, 0.3) is 0 Å². The quantitative estimate of drug-likeness (QED) is 0.691. The van der Waals surface area contributed by atoms with Crippen LogP contribution in [0.2, 0.25) is 0 Å². The molecular weight excluding hydrogens is 306 g/mol. The number of hydrogen-bond acceptors (Lipinski definition) is 4. The van der Waals surface area contributed by atoms with Gasteiger partial charge in [0.15, 0.2) is 0 Å². The molecule has 24 heavy (non-hydrogen) atoms. The zero-order chi connectivity index (χ0) is 17.3. The van der Waals surface area contributed by atoms with E-state index in [1.807, 2.05) is 31.2 Å². The van der Waals surface area contributed by atoms with Gasteiger partial charge in [-0.2, -0.15) is 0 Å². The SMILES string of the molecule is Cc1c(NCC(=O)N2c3ccccc3C[C@@H]2C)cccc1[N+](=O)[O-]. The smallest absolute Gasteiger partial charge is 0.274 e. The highest BCUT2D eigenvalue weighted by Crippen LogP contribution is 2.32. The molecule has 2 aromatic rings. The summed E-state index contributed by atoms with van der Waals surface area (Å²) >= 11 is 0. The fourth-order valence-corrected chi connectivity index (χ4v) is 3.21. The van der Waals surface area contributed by atoms with Crippen molar-refractivity contribution in [2.24, 2.45) is 0 Å². The molecule has 0 fully saturated rings. The Labute approximate surface area is 140 Å². The lowest BCUT2D eigenvalue weighted by atomic mass is 10.1. The number of anilines is 2. The van der Waals surface area contributed by atoms with Crippen LogP contribution in [0.15, 0.2) is 42.5 Å². The lowest BCUT2D eigenvalue weighted by molar-refractivity contribution is -0.385. The number of carbonyl (C=O) groups is 1. The highest BCUT2D eigenvalue weighted by atomic mass is 16.6. The van der Waals surface area contributed by atoms with Gasteiger partial charge in [0.25, 0.3) is 5.69 Å². The number of nitro benzene ring substituents is 1. The minimum Gasteiger partial charge on any atom is -0.376 e. The van der Waals surface area contributed by atoms with E-state index in [4.69, 9.17) is 0 Å². The molecule has 0 unspecified atom stereocenters. The van der Waals surface area contributed by atoms with Crippen LogP contribution in [0.4, 0.5) is 17.1 Å². The first-order valence-electron chi connectivity index (χ1n) is 7.87. The number of nitro groups is 1. The summed E-state index contributed by atoms with van der Waals surface area (Å²) in [6.07, 6.45) is 0.845. The van der Waals surface area contributed by atoms with Gasteiger partial charge in [-0.1, -0.05) is 24.3 Å². The fourth-order valence-electron chi connectivity index (χ4n) is 3.21. The number of nitrogens with zero attached hydrogens (tertiary/aromatic N) is 2. The van der Waals surface area contributed by atoms with E-state index in [9.17, 15) is 14.9 Å². The van der Waals surface area contributed by atoms with Crippen LogP contribution in [0.1, 0.15) is 18.1 Å². The third-order valence-electron chi connectivity index (χ3n) is 4.41. The second-order valence-electron chi connectivity index (χ2n) is 6.01. The van der Waals surface area contributed by atoms with Gasteiger partial charge in [0.1, 0.15) is 0 Å². The summed E-state index contributed by atoms with van der Waals surface area (Å²) in [6.45, 7) is 3.80. The van der Waals surface area contributed by atoms with E-state index >= 15 is 0 Å². The Morgan fingerprint density at radius 2 is 2.04 bits per heavy atom. The lowest BCUT2D eigenvalue weighted by Gasteiger charge is -2.23. The molecule has 3 rings (SSSR count). The van der Waals surface area contributed by atoms with Crippen molar-refractivity contribution in [3.63, 3.8) is 0 Å². The predicted octanol–water partition coefficient (Wildman–Crippen LogP) is 3.29. The van der Waals surface area contributed by atoms with Crippen molar-refractivity contribution in [3.05, 3.63) is 63.7 Å². The molecule has 1 heterocycles. The number of hydrogen-bond donors (Lipinski definition) is 1. The molecule has 0 bridgehead atoms. The predicted molar refractivity (Wildman–Crippen MR) is 93.4 cm³/mol. The molecule has 0 aromatic heterocycles. The van der Waals surface area contributed by atoms with Gasteiger partial charge in [0.05, 0.1) is 11.5 Å². The Kier molecular flexibility index (Phi) is 4.20. The van der Waals surface area contributed by atoms with Crippen molar-refractivity contribution < 1.29 is 9.72 Å². The van der Waals surface area contributed by atoms with Crippen molar-refractivity contribution >= 4 is 23.0 Å². The highest BCUT2D eigenvalue weighted by Gasteiger charge is 2.30. The molecule has 124 valence electrons. The van der Waals surface area contributed by atoms with Crippen LogP contribution in [0, 0.1) is 17.0 Å². The maximum Gasteiger partial charge on any atom is 0.274 e. The van der Waals surface area contributed by atoms with Crippen LogP contribution in [0.5, 0.6) is 0 Å². The Hall–Kier alpha value is -2.89. The van der Waals surface area contributed by atoms with E-state index in [2.05, 4.69) is 5.32 Å². The molecule has 2 aromatic carbocycles. The third kappa shape index (κ3) is 2.82. The summed E-state index contributed by atoms with van der Waals surface area (Å²) in [7, 11) is 0. The van der Waals surface area contributed by atoms with E-state index in [1.165, 1.54) is 11.6 Å². The average molecular weight is 325 g/mol. The number of amides is 1. The van der Waals surface area contributed by atoms with Crippen LogP contribution >= 0.6 is 0 Å². The number of rotatable bonds is 4. The molecule has 6 heteroatoms. The Morgan fingerprint density at radius 1 is 1.29 bits per heavy atom. The van der Waals surface area contributed by atoms with Crippen molar-refractivity contribution in [1.82, 2.24) is 0 Å². The molecular formula is C18H19N3O3. The minimum atomic E-state index is -0.416. The van der Waals surface area contributed by atoms with E-state index < -0.39 is 4.92 Å². The molecule has 0 spiro atoms. The molecule has 1 aliphatic rings. The van der Waals surface area contributed by atoms with Crippen LogP contribution < -0.4 is 10.2 Å². The van der Waals surface area contributed by atoms with Gasteiger partial charge >= 0.3 is 0 Å². The summed E-state index contributed by atoms with van der Waals surface area (Å²) in [5, 5.41) is 14.0. The van der Waals surface area contributed by atoms with Gasteiger partial charge in [-0.15, -0.1) is 0 Å². The number of para-hydroxylation sites is 1. The molecule has 1 aliphatic heterocycles. The molecule has 6 nitrogen and oxygen atoms in total. The van der Waals surface area contributed by atoms with E-state index in [1.54, 1.807) is 24.0 Å². The monoisotopic (exact) mass is 325 g/mol. The number of nitrogens with one attached hydrogen (secondary N) is 1. The lowest BCUT2D eigenvalue weighted by Crippen LogP contribution is -2.39. The van der Waals surface area contributed by atoms with Crippen LogP contribution in [-0.2, 0) is 11.2 Å². The summed E-state index contributed by atoms with van der Waals surface area (Å²) in [6, 6.07) is 12.8. The van der Waals surface area contributed by atoms with Crippen molar-refractivity contribution in [3.8, 4) is 0 Å². The molecule has 1 amide bonds. The third-order valence-corrected chi connectivity index (χ3v) is 4.41. The van der Waals surface area contributed by atoms with E-state index in [-0.39, 0.29) is 24.2 Å².